The highest BCUT2D eigenvalue weighted by molar-refractivity contribution is 5.72. The number of hydrogen-bond acceptors (Lipinski definition) is 5. The predicted molar refractivity (Wildman–Crippen MR) is 53.1 cm³/mol. The smallest absolute Gasteiger partial charge is 0.308 e. The van der Waals surface area contributed by atoms with Crippen molar-refractivity contribution in [3.05, 3.63) is 0 Å². The number of carbonyl (C=O) groups is 2. The number of aliphatic hydroxyl groups is 1. The molecule has 1 N–H and O–H groups in total. The van der Waals surface area contributed by atoms with Crippen molar-refractivity contribution in [2.75, 3.05) is 19.8 Å². The molecule has 0 rings (SSSR count). The monoisotopic (exact) mass is 218 g/mol. The third-order valence-electron chi connectivity index (χ3n) is 1.92. The van der Waals surface area contributed by atoms with E-state index in [1.165, 1.54) is 0 Å². The highest BCUT2D eigenvalue weighted by Gasteiger charge is 2.11. The summed E-state index contributed by atoms with van der Waals surface area (Å²) in [6.07, 6.45) is 0.697. The molecule has 0 aliphatic carbocycles. The van der Waals surface area contributed by atoms with E-state index in [9.17, 15) is 9.59 Å². The van der Waals surface area contributed by atoms with Crippen LogP contribution in [0.5, 0.6) is 0 Å². The number of ether oxygens (including phenoxy) is 2. The Kier molecular flexibility index (Phi) is 7.62. The summed E-state index contributed by atoms with van der Waals surface area (Å²) in [5.41, 5.74) is 0. The Balaban J connectivity index is 3.46. The molecule has 5 nitrogen and oxygen atoms in total. The molecule has 0 saturated heterocycles. The van der Waals surface area contributed by atoms with Gasteiger partial charge in [0.25, 0.3) is 0 Å². The molecule has 5 heteroatoms. The molecule has 0 saturated carbocycles. The number of esters is 2. The molecule has 0 aromatic heterocycles. The van der Waals surface area contributed by atoms with Gasteiger partial charge in [0.05, 0.1) is 18.9 Å². The molecular weight excluding hydrogens is 200 g/mol. The zero-order valence-corrected chi connectivity index (χ0v) is 9.19. The fourth-order valence-corrected chi connectivity index (χ4v) is 0.770. The van der Waals surface area contributed by atoms with Gasteiger partial charge in [0, 0.05) is 0 Å². The minimum Gasteiger partial charge on any atom is -0.462 e. The molecule has 0 aromatic carbocycles. The Hall–Kier alpha value is -1.10. The van der Waals surface area contributed by atoms with Crippen molar-refractivity contribution >= 4 is 11.9 Å². The lowest BCUT2D eigenvalue weighted by molar-refractivity contribution is -0.155. The maximum atomic E-state index is 11.1. The van der Waals surface area contributed by atoms with Crippen molar-refractivity contribution in [1.29, 1.82) is 0 Å². The fraction of sp³-hybridized carbons (Fsp3) is 0.800. The van der Waals surface area contributed by atoms with Gasteiger partial charge in [-0.3, -0.25) is 9.59 Å². The first-order chi connectivity index (χ1) is 7.11. The molecule has 0 bridgehead atoms. The fourth-order valence-electron chi connectivity index (χ4n) is 0.770. The Bertz CT molecular complexity index is 202. The van der Waals surface area contributed by atoms with Gasteiger partial charge >= 0.3 is 11.9 Å². The van der Waals surface area contributed by atoms with Gasteiger partial charge in [-0.05, 0) is 6.42 Å². The highest BCUT2D eigenvalue weighted by Crippen LogP contribution is 2.02. The van der Waals surface area contributed by atoms with E-state index < -0.39 is 5.97 Å². The molecule has 0 spiro atoms. The first kappa shape index (κ1) is 13.9. The van der Waals surface area contributed by atoms with Crippen LogP contribution in [-0.4, -0.2) is 36.9 Å². The molecular formula is C10H18O5. The standard InChI is InChI=1S/C10H18O5/c1-3-8(2)10(13)15-7-6-14-9(12)4-5-11/h8,11H,3-7H2,1-2H3. The summed E-state index contributed by atoms with van der Waals surface area (Å²) < 4.78 is 9.51. The SMILES string of the molecule is CCC(C)C(=O)OCCOC(=O)CCO. The summed E-state index contributed by atoms with van der Waals surface area (Å²) >= 11 is 0. The van der Waals surface area contributed by atoms with Crippen molar-refractivity contribution in [1.82, 2.24) is 0 Å². The first-order valence-electron chi connectivity index (χ1n) is 5.05. The van der Waals surface area contributed by atoms with E-state index in [1.807, 2.05) is 6.92 Å². The van der Waals surface area contributed by atoms with Gasteiger partial charge in [-0.15, -0.1) is 0 Å². The summed E-state index contributed by atoms with van der Waals surface area (Å²) in [5.74, 6) is -0.897. The van der Waals surface area contributed by atoms with E-state index in [-0.39, 0.29) is 38.1 Å². The van der Waals surface area contributed by atoms with Crippen molar-refractivity contribution in [2.24, 2.45) is 5.92 Å². The lowest BCUT2D eigenvalue weighted by Gasteiger charge is -2.09. The van der Waals surface area contributed by atoms with E-state index in [2.05, 4.69) is 4.74 Å². The zero-order valence-electron chi connectivity index (χ0n) is 9.19. The average Bonchev–Trinajstić information content (AvgIpc) is 2.23. The highest BCUT2D eigenvalue weighted by atomic mass is 16.6. The van der Waals surface area contributed by atoms with E-state index >= 15 is 0 Å². The molecule has 1 atom stereocenters. The van der Waals surface area contributed by atoms with Gasteiger partial charge in [-0.2, -0.15) is 0 Å². The van der Waals surface area contributed by atoms with Crippen molar-refractivity contribution < 1.29 is 24.2 Å². The van der Waals surface area contributed by atoms with Crippen LogP contribution < -0.4 is 0 Å². The number of aliphatic hydroxyl groups excluding tert-OH is 1. The van der Waals surface area contributed by atoms with E-state index in [4.69, 9.17) is 9.84 Å². The van der Waals surface area contributed by atoms with Crippen molar-refractivity contribution in [2.45, 2.75) is 26.7 Å². The average molecular weight is 218 g/mol. The number of hydrogen-bond donors (Lipinski definition) is 1. The topological polar surface area (TPSA) is 72.8 Å². The van der Waals surface area contributed by atoms with Gasteiger partial charge in [-0.1, -0.05) is 13.8 Å². The minimum absolute atomic E-state index is 0.0285. The molecule has 0 aromatic rings. The van der Waals surface area contributed by atoms with Gasteiger partial charge in [0.15, 0.2) is 0 Å². The second-order valence-corrected chi connectivity index (χ2v) is 3.17. The zero-order chi connectivity index (χ0) is 11.7. The summed E-state index contributed by atoms with van der Waals surface area (Å²) in [5, 5.41) is 8.40. The second kappa shape index (κ2) is 8.23. The lowest BCUT2D eigenvalue weighted by Crippen LogP contribution is -2.18. The van der Waals surface area contributed by atoms with Crippen LogP contribution in [0, 0.1) is 5.92 Å². The van der Waals surface area contributed by atoms with Crippen LogP contribution in [-0.2, 0) is 19.1 Å². The Morgan fingerprint density at radius 2 is 1.87 bits per heavy atom. The Labute approximate surface area is 89.4 Å². The van der Waals surface area contributed by atoms with E-state index in [0.29, 0.717) is 0 Å². The van der Waals surface area contributed by atoms with Crippen molar-refractivity contribution in [3.63, 3.8) is 0 Å². The summed E-state index contributed by atoms with van der Waals surface area (Å²) in [6.45, 7) is 3.56. The van der Waals surface area contributed by atoms with E-state index in [1.54, 1.807) is 6.92 Å². The summed E-state index contributed by atoms with van der Waals surface area (Å²) in [7, 11) is 0. The van der Waals surface area contributed by atoms with Crippen LogP contribution in [0.3, 0.4) is 0 Å². The lowest BCUT2D eigenvalue weighted by atomic mass is 10.1. The Morgan fingerprint density at radius 3 is 2.40 bits per heavy atom. The molecule has 0 amide bonds. The first-order valence-corrected chi connectivity index (χ1v) is 5.05. The quantitative estimate of drug-likeness (QED) is 0.497. The third-order valence-corrected chi connectivity index (χ3v) is 1.92. The number of carbonyl (C=O) groups excluding carboxylic acids is 2. The molecule has 15 heavy (non-hydrogen) atoms. The number of rotatable bonds is 7. The van der Waals surface area contributed by atoms with Gasteiger partial charge in [0.1, 0.15) is 13.2 Å². The molecule has 88 valence electrons. The van der Waals surface area contributed by atoms with Gasteiger partial charge in [-0.25, -0.2) is 0 Å². The molecule has 0 aliphatic rings. The third kappa shape index (κ3) is 6.90. The Morgan fingerprint density at radius 1 is 1.27 bits per heavy atom. The van der Waals surface area contributed by atoms with Crippen LogP contribution in [0.15, 0.2) is 0 Å². The normalized spacial score (nSPS) is 11.9. The molecule has 0 heterocycles. The summed E-state index contributed by atoms with van der Waals surface area (Å²) in [6, 6.07) is 0. The van der Waals surface area contributed by atoms with Gasteiger partial charge < -0.3 is 14.6 Å². The second-order valence-electron chi connectivity index (χ2n) is 3.17. The maximum Gasteiger partial charge on any atom is 0.308 e. The van der Waals surface area contributed by atoms with Crippen molar-refractivity contribution in [3.8, 4) is 0 Å². The van der Waals surface area contributed by atoms with Crippen LogP contribution >= 0.6 is 0 Å². The van der Waals surface area contributed by atoms with Crippen LogP contribution in [0.2, 0.25) is 0 Å². The predicted octanol–water partition coefficient (Wildman–Crippen LogP) is 0.501. The molecule has 0 fully saturated rings. The molecule has 0 aliphatic heterocycles. The minimum atomic E-state index is -0.489. The molecule has 0 radical (unpaired) electrons. The van der Waals surface area contributed by atoms with Crippen LogP contribution in [0.4, 0.5) is 0 Å². The van der Waals surface area contributed by atoms with Crippen LogP contribution in [0.1, 0.15) is 26.7 Å². The van der Waals surface area contributed by atoms with Crippen LogP contribution in [0.25, 0.3) is 0 Å². The van der Waals surface area contributed by atoms with Gasteiger partial charge in [0.2, 0.25) is 0 Å². The molecule has 1 unspecified atom stereocenters. The summed E-state index contributed by atoms with van der Waals surface area (Å²) in [4.78, 5) is 21.9. The van der Waals surface area contributed by atoms with E-state index in [0.717, 1.165) is 6.42 Å². The maximum absolute atomic E-state index is 11.1. The largest absolute Gasteiger partial charge is 0.462 e.